The zero-order valence-electron chi connectivity index (χ0n) is 11.6. The van der Waals surface area contributed by atoms with Gasteiger partial charge in [0.1, 0.15) is 12.4 Å². The van der Waals surface area contributed by atoms with E-state index in [4.69, 9.17) is 0 Å². The third-order valence-electron chi connectivity index (χ3n) is 2.97. The van der Waals surface area contributed by atoms with E-state index in [2.05, 4.69) is 10.4 Å². The summed E-state index contributed by atoms with van der Waals surface area (Å²) < 4.78 is 51.3. The van der Waals surface area contributed by atoms with E-state index in [0.717, 1.165) is 10.7 Å². The van der Waals surface area contributed by atoms with Gasteiger partial charge in [0.15, 0.2) is 5.69 Å². The Balaban J connectivity index is 1.95. The summed E-state index contributed by atoms with van der Waals surface area (Å²) in [5.74, 6) is -0.869. The van der Waals surface area contributed by atoms with E-state index in [1.54, 1.807) is 0 Å². The molecule has 118 valence electrons. The largest absolute Gasteiger partial charge is 0.435 e. The molecule has 0 saturated carbocycles. The summed E-state index contributed by atoms with van der Waals surface area (Å²) in [6.45, 7) is 1.28. The number of hydrogen-bond donors (Lipinski definition) is 1. The number of halogens is 4. The average molecular weight is 315 g/mol. The van der Waals surface area contributed by atoms with Gasteiger partial charge in [-0.05, 0) is 30.7 Å². The van der Waals surface area contributed by atoms with Gasteiger partial charge in [0.2, 0.25) is 5.91 Å². The van der Waals surface area contributed by atoms with E-state index in [1.807, 2.05) is 0 Å². The molecule has 0 atom stereocenters. The Morgan fingerprint density at radius 1 is 1.27 bits per heavy atom. The number of hydrogen-bond acceptors (Lipinski definition) is 2. The highest BCUT2D eigenvalue weighted by Gasteiger charge is 2.34. The highest BCUT2D eigenvalue weighted by molar-refractivity contribution is 5.75. The van der Waals surface area contributed by atoms with Crippen molar-refractivity contribution in [2.24, 2.45) is 0 Å². The topological polar surface area (TPSA) is 46.9 Å². The first kappa shape index (κ1) is 16.0. The molecule has 1 N–H and O–H groups in total. The number of carbonyl (C=O) groups is 1. The second-order valence-corrected chi connectivity index (χ2v) is 4.73. The maximum absolute atomic E-state index is 12.7. The van der Waals surface area contributed by atoms with Crippen LogP contribution < -0.4 is 5.32 Å². The Morgan fingerprint density at radius 2 is 1.91 bits per heavy atom. The van der Waals surface area contributed by atoms with Crippen molar-refractivity contribution in [1.82, 2.24) is 15.1 Å². The molecule has 2 rings (SSSR count). The normalized spacial score (nSPS) is 11.5. The van der Waals surface area contributed by atoms with Crippen molar-refractivity contribution >= 4 is 5.91 Å². The first-order chi connectivity index (χ1) is 10.3. The van der Waals surface area contributed by atoms with Crippen molar-refractivity contribution in [2.75, 3.05) is 0 Å². The number of nitrogens with zero attached hydrogens (tertiary/aromatic N) is 2. The molecule has 0 fully saturated rings. The van der Waals surface area contributed by atoms with Gasteiger partial charge >= 0.3 is 6.18 Å². The number of amides is 1. The predicted molar refractivity (Wildman–Crippen MR) is 70.2 cm³/mol. The van der Waals surface area contributed by atoms with E-state index in [9.17, 15) is 22.4 Å². The van der Waals surface area contributed by atoms with Crippen molar-refractivity contribution in [1.29, 1.82) is 0 Å². The molecule has 0 aliphatic rings. The number of rotatable bonds is 4. The summed E-state index contributed by atoms with van der Waals surface area (Å²) in [4.78, 5) is 11.7. The van der Waals surface area contributed by atoms with Crippen molar-refractivity contribution in [3.63, 3.8) is 0 Å². The molecule has 0 aliphatic heterocycles. The number of carbonyl (C=O) groups excluding carboxylic acids is 1. The average Bonchev–Trinajstić information content (AvgIpc) is 2.80. The highest BCUT2D eigenvalue weighted by Crippen LogP contribution is 2.28. The predicted octanol–water partition coefficient (Wildman–Crippen LogP) is 2.67. The van der Waals surface area contributed by atoms with Crippen LogP contribution in [0.3, 0.4) is 0 Å². The van der Waals surface area contributed by atoms with Crippen LogP contribution in [0.25, 0.3) is 0 Å². The molecule has 22 heavy (non-hydrogen) atoms. The Bertz CT molecular complexity index is 662. The fraction of sp³-hybridized carbons (Fsp3) is 0.286. The molecule has 0 radical (unpaired) electrons. The molecule has 1 heterocycles. The van der Waals surface area contributed by atoms with Gasteiger partial charge in [0.05, 0.1) is 0 Å². The van der Waals surface area contributed by atoms with Crippen LogP contribution in [0.5, 0.6) is 0 Å². The van der Waals surface area contributed by atoms with Gasteiger partial charge in [-0.2, -0.15) is 18.3 Å². The summed E-state index contributed by atoms with van der Waals surface area (Å²) >= 11 is 0. The summed E-state index contributed by atoms with van der Waals surface area (Å²) in [7, 11) is 0. The monoisotopic (exact) mass is 315 g/mol. The number of aromatic nitrogens is 2. The molecule has 0 unspecified atom stereocenters. The molecule has 8 heteroatoms. The summed E-state index contributed by atoms with van der Waals surface area (Å²) in [6, 6.07) is 6.42. The minimum atomic E-state index is -4.54. The highest BCUT2D eigenvalue weighted by atomic mass is 19.4. The van der Waals surface area contributed by atoms with Crippen LogP contribution in [0.4, 0.5) is 17.6 Å². The summed E-state index contributed by atoms with van der Waals surface area (Å²) in [5, 5.41) is 5.91. The van der Waals surface area contributed by atoms with Crippen LogP contribution in [-0.2, 0) is 24.1 Å². The molecule has 0 saturated heterocycles. The summed E-state index contributed by atoms with van der Waals surface area (Å²) in [5.41, 5.74) is -0.108. The Morgan fingerprint density at radius 3 is 2.45 bits per heavy atom. The lowest BCUT2D eigenvalue weighted by Crippen LogP contribution is -2.28. The standard InChI is InChI=1S/C14H13F4N3O/c1-9-6-12(14(16,17)18)20-21(9)8-13(22)19-7-10-2-4-11(15)5-3-10/h2-6H,7-8H2,1H3,(H,19,22). The van der Waals surface area contributed by atoms with Gasteiger partial charge in [0.25, 0.3) is 0 Å². The fourth-order valence-corrected chi connectivity index (χ4v) is 1.80. The number of aryl methyl sites for hydroxylation is 1. The molecular weight excluding hydrogens is 302 g/mol. The minimum Gasteiger partial charge on any atom is -0.350 e. The minimum absolute atomic E-state index is 0.158. The molecule has 0 spiro atoms. The number of nitrogens with one attached hydrogen (secondary N) is 1. The van der Waals surface area contributed by atoms with E-state index in [0.29, 0.717) is 5.56 Å². The Hall–Kier alpha value is -2.38. The molecule has 1 amide bonds. The molecular formula is C14H13F4N3O. The van der Waals surface area contributed by atoms with Gasteiger partial charge in [-0.3, -0.25) is 9.48 Å². The zero-order valence-corrected chi connectivity index (χ0v) is 11.6. The Kier molecular flexibility index (Phi) is 4.48. The second-order valence-electron chi connectivity index (χ2n) is 4.73. The smallest absolute Gasteiger partial charge is 0.350 e. The van der Waals surface area contributed by atoms with Crippen LogP contribution in [0.1, 0.15) is 17.0 Å². The first-order valence-electron chi connectivity index (χ1n) is 6.38. The molecule has 0 aliphatic carbocycles. The maximum Gasteiger partial charge on any atom is 0.435 e. The fourth-order valence-electron chi connectivity index (χ4n) is 1.80. The lowest BCUT2D eigenvalue weighted by Gasteiger charge is -2.07. The second kappa shape index (κ2) is 6.17. The molecule has 1 aromatic carbocycles. The van der Waals surface area contributed by atoms with Crippen molar-refractivity contribution in [3.8, 4) is 0 Å². The van der Waals surface area contributed by atoms with Crippen molar-refractivity contribution < 1.29 is 22.4 Å². The van der Waals surface area contributed by atoms with Gasteiger partial charge in [-0.1, -0.05) is 12.1 Å². The number of alkyl halides is 3. The third kappa shape index (κ3) is 4.06. The zero-order chi connectivity index (χ0) is 16.3. The van der Waals surface area contributed by atoms with Crippen LogP contribution in [0.2, 0.25) is 0 Å². The van der Waals surface area contributed by atoms with Gasteiger partial charge in [-0.25, -0.2) is 4.39 Å². The molecule has 2 aromatic rings. The molecule has 4 nitrogen and oxygen atoms in total. The van der Waals surface area contributed by atoms with Gasteiger partial charge in [-0.15, -0.1) is 0 Å². The van der Waals surface area contributed by atoms with Gasteiger partial charge < -0.3 is 5.32 Å². The lowest BCUT2D eigenvalue weighted by atomic mass is 10.2. The van der Waals surface area contributed by atoms with E-state index < -0.39 is 17.8 Å². The van der Waals surface area contributed by atoms with Crippen LogP contribution in [0, 0.1) is 12.7 Å². The number of benzene rings is 1. The molecule has 0 bridgehead atoms. The van der Waals surface area contributed by atoms with Crippen LogP contribution >= 0.6 is 0 Å². The first-order valence-corrected chi connectivity index (χ1v) is 6.38. The van der Waals surface area contributed by atoms with Crippen molar-refractivity contribution in [2.45, 2.75) is 26.2 Å². The van der Waals surface area contributed by atoms with E-state index in [1.165, 1.54) is 31.2 Å². The molecule has 1 aromatic heterocycles. The van der Waals surface area contributed by atoms with E-state index in [-0.39, 0.29) is 24.6 Å². The van der Waals surface area contributed by atoms with Gasteiger partial charge in [0, 0.05) is 12.2 Å². The SMILES string of the molecule is Cc1cc(C(F)(F)F)nn1CC(=O)NCc1ccc(F)cc1. The summed E-state index contributed by atoms with van der Waals surface area (Å²) in [6.07, 6.45) is -4.54. The third-order valence-corrected chi connectivity index (χ3v) is 2.97. The lowest BCUT2D eigenvalue weighted by molar-refractivity contribution is -0.141. The Labute approximate surface area is 123 Å². The van der Waals surface area contributed by atoms with E-state index >= 15 is 0 Å². The quantitative estimate of drug-likeness (QED) is 0.882. The van der Waals surface area contributed by atoms with Crippen molar-refractivity contribution in [3.05, 3.63) is 53.1 Å². The van der Waals surface area contributed by atoms with Crippen LogP contribution in [-0.4, -0.2) is 15.7 Å². The van der Waals surface area contributed by atoms with Crippen LogP contribution in [0.15, 0.2) is 30.3 Å². The maximum atomic E-state index is 12.7.